The van der Waals surface area contributed by atoms with E-state index in [-0.39, 0.29) is 5.66 Å². The first-order chi connectivity index (χ1) is 5.76. The number of hydrogen-bond donors (Lipinski definition) is 3. The summed E-state index contributed by atoms with van der Waals surface area (Å²) in [6.45, 7) is 0. The smallest absolute Gasteiger partial charge is 0.0896 e. The van der Waals surface area contributed by atoms with E-state index in [1.165, 1.54) is 5.70 Å². The van der Waals surface area contributed by atoms with Crippen LogP contribution < -0.4 is 16.0 Å². The molecular weight excluding hydrogens is 150 g/mol. The van der Waals surface area contributed by atoms with E-state index in [9.17, 15) is 0 Å². The Morgan fingerprint density at radius 3 is 2.42 bits per heavy atom. The molecule has 0 aromatic rings. The normalized spacial score (nSPS) is 21.8. The van der Waals surface area contributed by atoms with Crippen LogP contribution in [0.5, 0.6) is 0 Å². The number of hydrogen-bond acceptors (Lipinski definition) is 3. The Hall–Kier alpha value is -0.540. The number of rotatable bonds is 3. The Labute approximate surface area is 74.6 Å². The van der Waals surface area contributed by atoms with Crippen LogP contribution in [0, 0.1) is 6.42 Å². The summed E-state index contributed by atoms with van der Waals surface area (Å²) in [6, 6.07) is 0. The lowest BCUT2D eigenvalue weighted by atomic mass is 9.94. The average molecular weight is 168 g/mol. The molecule has 0 unspecified atom stereocenters. The highest BCUT2D eigenvalue weighted by Gasteiger charge is 2.26. The van der Waals surface area contributed by atoms with Gasteiger partial charge in [0.1, 0.15) is 0 Å². The highest BCUT2D eigenvalue weighted by molar-refractivity contribution is 5.19. The van der Waals surface area contributed by atoms with E-state index in [1.807, 2.05) is 21.1 Å². The molecule has 0 aliphatic heterocycles. The maximum Gasteiger partial charge on any atom is 0.0896 e. The fourth-order valence-corrected chi connectivity index (χ4v) is 1.52. The molecule has 12 heavy (non-hydrogen) atoms. The Kier molecular flexibility index (Phi) is 3.12. The van der Waals surface area contributed by atoms with Crippen LogP contribution in [0.1, 0.15) is 12.8 Å². The molecule has 1 radical (unpaired) electrons. The van der Waals surface area contributed by atoms with Gasteiger partial charge in [-0.15, -0.1) is 0 Å². The lowest BCUT2D eigenvalue weighted by Gasteiger charge is -2.34. The second-order valence-corrected chi connectivity index (χ2v) is 3.09. The van der Waals surface area contributed by atoms with E-state index >= 15 is 0 Å². The molecule has 0 atom stereocenters. The quantitative estimate of drug-likeness (QED) is 0.528. The largest absolute Gasteiger partial charge is 0.392 e. The molecule has 3 heteroatoms. The Morgan fingerprint density at radius 1 is 1.25 bits per heavy atom. The predicted molar refractivity (Wildman–Crippen MR) is 51.5 cm³/mol. The first-order valence-corrected chi connectivity index (χ1v) is 4.35. The minimum atomic E-state index is -0.0450. The van der Waals surface area contributed by atoms with Crippen LogP contribution >= 0.6 is 0 Å². The van der Waals surface area contributed by atoms with E-state index in [1.54, 1.807) is 0 Å². The summed E-state index contributed by atoms with van der Waals surface area (Å²) in [7, 11) is 5.90. The van der Waals surface area contributed by atoms with Gasteiger partial charge in [0.15, 0.2) is 0 Å². The third kappa shape index (κ3) is 1.79. The van der Waals surface area contributed by atoms with Gasteiger partial charge in [0.05, 0.1) is 5.66 Å². The average Bonchev–Trinajstić information content (AvgIpc) is 2.18. The molecule has 3 N–H and O–H groups in total. The van der Waals surface area contributed by atoms with Crippen molar-refractivity contribution in [1.29, 1.82) is 0 Å². The van der Waals surface area contributed by atoms with Crippen LogP contribution in [0.25, 0.3) is 0 Å². The molecule has 0 amide bonds. The van der Waals surface area contributed by atoms with Crippen LogP contribution in [0.2, 0.25) is 0 Å². The standard InChI is InChI=1S/C9H18N3/c1-10-8-5-4-6-9(7-8,11-2)12-3/h4,7,10-12H,5-6H2,1-3H3. The van der Waals surface area contributed by atoms with E-state index < -0.39 is 0 Å². The minimum Gasteiger partial charge on any atom is -0.392 e. The summed E-state index contributed by atoms with van der Waals surface area (Å²) in [4.78, 5) is 0. The summed E-state index contributed by atoms with van der Waals surface area (Å²) >= 11 is 0. The Bertz CT molecular complexity index is 171. The van der Waals surface area contributed by atoms with Crippen LogP contribution in [0.4, 0.5) is 0 Å². The summed E-state index contributed by atoms with van der Waals surface area (Å²) in [6.07, 6.45) is 6.57. The number of likely N-dealkylation sites (N-methyl/N-ethyl adjacent to an activating group) is 2. The Morgan fingerprint density at radius 2 is 1.92 bits per heavy atom. The first-order valence-electron chi connectivity index (χ1n) is 4.35. The summed E-state index contributed by atoms with van der Waals surface area (Å²) in [5.41, 5.74) is 1.22. The van der Waals surface area contributed by atoms with Crippen LogP contribution in [-0.4, -0.2) is 26.8 Å². The van der Waals surface area contributed by atoms with Gasteiger partial charge in [0.25, 0.3) is 0 Å². The van der Waals surface area contributed by atoms with Gasteiger partial charge in [-0.2, -0.15) is 0 Å². The SMILES string of the molecule is CNC1=CC(NC)(NC)C[CH]C1. The molecule has 0 spiro atoms. The second-order valence-electron chi connectivity index (χ2n) is 3.09. The molecule has 1 aliphatic rings. The molecule has 0 saturated carbocycles. The lowest BCUT2D eigenvalue weighted by molar-refractivity contribution is 0.353. The molecule has 3 nitrogen and oxygen atoms in total. The molecule has 0 heterocycles. The van der Waals surface area contributed by atoms with Gasteiger partial charge in [-0.3, -0.25) is 10.6 Å². The monoisotopic (exact) mass is 168 g/mol. The van der Waals surface area contributed by atoms with Crippen molar-refractivity contribution in [2.75, 3.05) is 21.1 Å². The van der Waals surface area contributed by atoms with Crippen LogP contribution in [-0.2, 0) is 0 Å². The van der Waals surface area contributed by atoms with E-state index in [0.29, 0.717) is 0 Å². The highest BCUT2D eigenvalue weighted by Crippen LogP contribution is 2.21. The third-order valence-electron chi connectivity index (χ3n) is 2.46. The second kappa shape index (κ2) is 3.92. The summed E-state index contributed by atoms with van der Waals surface area (Å²) in [5, 5.41) is 9.72. The number of nitrogens with one attached hydrogen (secondary N) is 3. The molecule has 0 saturated heterocycles. The van der Waals surface area contributed by atoms with Gasteiger partial charge >= 0.3 is 0 Å². The van der Waals surface area contributed by atoms with Crippen LogP contribution in [0.15, 0.2) is 11.8 Å². The fraction of sp³-hybridized carbons (Fsp3) is 0.667. The third-order valence-corrected chi connectivity index (χ3v) is 2.46. The van der Waals surface area contributed by atoms with Crippen molar-refractivity contribution < 1.29 is 0 Å². The van der Waals surface area contributed by atoms with Gasteiger partial charge in [0.2, 0.25) is 0 Å². The molecular formula is C9H18N3. The number of allylic oxidation sites excluding steroid dienone is 1. The molecule has 1 aliphatic carbocycles. The molecule has 1 rings (SSSR count). The lowest BCUT2D eigenvalue weighted by Crippen LogP contribution is -2.54. The molecule has 69 valence electrons. The molecule has 0 aromatic heterocycles. The molecule has 0 bridgehead atoms. The summed E-state index contributed by atoms with van der Waals surface area (Å²) < 4.78 is 0. The van der Waals surface area contributed by atoms with E-state index in [2.05, 4.69) is 28.4 Å². The summed E-state index contributed by atoms with van der Waals surface area (Å²) in [5.74, 6) is 0. The van der Waals surface area contributed by atoms with Gasteiger partial charge < -0.3 is 5.32 Å². The van der Waals surface area contributed by atoms with Gasteiger partial charge in [-0.05, 0) is 39.4 Å². The maximum absolute atomic E-state index is 3.27. The van der Waals surface area contributed by atoms with Crippen molar-refractivity contribution in [3.05, 3.63) is 18.2 Å². The molecule has 0 fully saturated rings. The van der Waals surface area contributed by atoms with Crippen molar-refractivity contribution >= 4 is 0 Å². The zero-order valence-electron chi connectivity index (χ0n) is 8.07. The molecule has 0 aromatic carbocycles. The van der Waals surface area contributed by atoms with Gasteiger partial charge in [-0.25, -0.2) is 0 Å². The first kappa shape index (κ1) is 9.55. The highest BCUT2D eigenvalue weighted by atomic mass is 15.2. The van der Waals surface area contributed by atoms with Crippen molar-refractivity contribution in [1.82, 2.24) is 16.0 Å². The maximum atomic E-state index is 3.27. The fourth-order valence-electron chi connectivity index (χ4n) is 1.52. The zero-order chi connectivity index (χ0) is 9.03. The minimum absolute atomic E-state index is 0.0450. The van der Waals surface area contributed by atoms with Crippen molar-refractivity contribution in [2.24, 2.45) is 0 Å². The predicted octanol–water partition coefficient (Wildman–Crippen LogP) is 0.223. The van der Waals surface area contributed by atoms with Crippen molar-refractivity contribution in [3.63, 3.8) is 0 Å². The van der Waals surface area contributed by atoms with Crippen molar-refractivity contribution in [2.45, 2.75) is 18.5 Å². The zero-order valence-corrected chi connectivity index (χ0v) is 8.07. The van der Waals surface area contributed by atoms with Gasteiger partial charge in [0, 0.05) is 12.7 Å². The van der Waals surface area contributed by atoms with Crippen LogP contribution in [0.3, 0.4) is 0 Å². The Balaban J connectivity index is 2.75. The van der Waals surface area contributed by atoms with E-state index in [0.717, 1.165) is 12.8 Å². The van der Waals surface area contributed by atoms with E-state index in [4.69, 9.17) is 0 Å². The topological polar surface area (TPSA) is 36.1 Å². The van der Waals surface area contributed by atoms with Crippen molar-refractivity contribution in [3.8, 4) is 0 Å². The van der Waals surface area contributed by atoms with Gasteiger partial charge in [-0.1, -0.05) is 0 Å².